The highest BCUT2D eigenvalue weighted by Gasteiger charge is 2.04. The first-order valence-corrected chi connectivity index (χ1v) is 7.75. The van der Waals surface area contributed by atoms with Crippen LogP contribution >= 0.6 is 0 Å². The smallest absolute Gasteiger partial charge is 0.262 e. The van der Waals surface area contributed by atoms with E-state index in [0.717, 1.165) is 22.9 Å². The molecule has 3 nitrogen and oxygen atoms in total. The van der Waals surface area contributed by atoms with Gasteiger partial charge >= 0.3 is 0 Å². The van der Waals surface area contributed by atoms with Crippen LogP contribution in [0.15, 0.2) is 66.7 Å². The van der Waals surface area contributed by atoms with Gasteiger partial charge in [-0.3, -0.25) is 4.79 Å². The van der Waals surface area contributed by atoms with Gasteiger partial charge in [-0.25, -0.2) is 0 Å². The number of hydrogen-bond donors (Lipinski definition) is 1. The van der Waals surface area contributed by atoms with E-state index in [4.69, 9.17) is 4.74 Å². The number of amides is 1. The SMILES string of the molecule is CCc1ccc(OCC(=O)Nc2ccc3ccccc3c2)cc1. The monoisotopic (exact) mass is 305 g/mol. The lowest BCUT2D eigenvalue weighted by Gasteiger charge is -2.09. The predicted octanol–water partition coefficient (Wildman–Crippen LogP) is 4.42. The van der Waals surface area contributed by atoms with Crippen molar-refractivity contribution in [3.05, 3.63) is 72.3 Å². The molecule has 0 aliphatic rings. The Hall–Kier alpha value is -2.81. The molecule has 1 N–H and O–H groups in total. The molecule has 0 saturated carbocycles. The number of benzene rings is 3. The Morgan fingerprint density at radius 3 is 2.43 bits per heavy atom. The zero-order valence-corrected chi connectivity index (χ0v) is 13.1. The summed E-state index contributed by atoms with van der Waals surface area (Å²) in [5.41, 5.74) is 2.02. The zero-order chi connectivity index (χ0) is 16.1. The van der Waals surface area contributed by atoms with E-state index in [1.54, 1.807) is 0 Å². The summed E-state index contributed by atoms with van der Waals surface area (Å²) >= 11 is 0. The molecule has 0 atom stereocenters. The van der Waals surface area contributed by atoms with E-state index in [2.05, 4.69) is 12.2 Å². The van der Waals surface area contributed by atoms with Crippen molar-refractivity contribution >= 4 is 22.4 Å². The molecule has 0 unspecified atom stereocenters. The molecule has 1 amide bonds. The number of carbonyl (C=O) groups is 1. The summed E-state index contributed by atoms with van der Waals surface area (Å²) in [6, 6.07) is 21.7. The second-order valence-electron chi connectivity index (χ2n) is 5.40. The third kappa shape index (κ3) is 3.89. The van der Waals surface area contributed by atoms with Gasteiger partial charge in [-0.2, -0.15) is 0 Å². The quantitative estimate of drug-likeness (QED) is 0.758. The normalized spacial score (nSPS) is 10.5. The van der Waals surface area contributed by atoms with E-state index in [1.165, 1.54) is 5.56 Å². The zero-order valence-electron chi connectivity index (χ0n) is 13.1. The van der Waals surface area contributed by atoms with Gasteiger partial charge in [-0.05, 0) is 47.0 Å². The lowest BCUT2D eigenvalue weighted by molar-refractivity contribution is -0.118. The van der Waals surface area contributed by atoms with Gasteiger partial charge in [0.1, 0.15) is 5.75 Å². The van der Waals surface area contributed by atoms with Crippen molar-refractivity contribution in [3.63, 3.8) is 0 Å². The van der Waals surface area contributed by atoms with Crippen LogP contribution in [0.4, 0.5) is 5.69 Å². The molecule has 3 aromatic carbocycles. The average molecular weight is 305 g/mol. The molecular formula is C20H19NO2. The largest absolute Gasteiger partial charge is 0.484 e. The minimum atomic E-state index is -0.167. The summed E-state index contributed by atoms with van der Waals surface area (Å²) in [6.07, 6.45) is 0.989. The second kappa shape index (κ2) is 6.97. The number of rotatable bonds is 5. The molecule has 0 spiro atoms. The Morgan fingerprint density at radius 2 is 1.70 bits per heavy atom. The molecule has 0 bridgehead atoms. The number of fused-ring (bicyclic) bond motifs is 1. The Morgan fingerprint density at radius 1 is 0.957 bits per heavy atom. The fraction of sp³-hybridized carbons (Fsp3) is 0.150. The molecule has 3 aromatic rings. The first-order valence-electron chi connectivity index (χ1n) is 7.75. The van der Waals surface area contributed by atoms with Crippen LogP contribution in [0.25, 0.3) is 10.8 Å². The Labute approximate surface area is 135 Å². The van der Waals surface area contributed by atoms with Crippen molar-refractivity contribution in [1.29, 1.82) is 0 Å². The van der Waals surface area contributed by atoms with Crippen molar-refractivity contribution < 1.29 is 9.53 Å². The standard InChI is InChI=1S/C20H19NO2/c1-2-15-7-11-19(12-8-15)23-14-20(22)21-18-10-9-16-5-3-4-6-17(16)13-18/h3-13H,2,14H2,1H3,(H,21,22). The Balaban J connectivity index is 1.59. The van der Waals surface area contributed by atoms with E-state index in [1.807, 2.05) is 66.7 Å². The van der Waals surface area contributed by atoms with Crippen LogP contribution in [0.2, 0.25) is 0 Å². The molecular weight excluding hydrogens is 286 g/mol. The Kier molecular flexibility index (Phi) is 4.57. The van der Waals surface area contributed by atoms with Gasteiger partial charge in [-0.1, -0.05) is 49.4 Å². The summed E-state index contributed by atoms with van der Waals surface area (Å²) in [6.45, 7) is 2.10. The van der Waals surface area contributed by atoms with Crippen LogP contribution in [0.1, 0.15) is 12.5 Å². The van der Waals surface area contributed by atoms with E-state index in [-0.39, 0.29) is 12.5 Å². The maximum Gasteiger partial charge on any atom is 0.262 e. The maximum atomic E-state index is 12.0. The molecule has 0 heterocycles. The summed E-state index contributed by atoms with van der Waals surface area (Å²) in [5, 5.41) is 5.11. The third-order valence-corrected chi connectivity index (χ3v) is 3.73. The van der Waals surface area contributed by atoms with E-state index < -0.39 is 0 Å². The number of ether oxygens (including phenoxy) is 1. The average Bonchev–Trinajstić information content (AvgIpc) is 2.60. The number of hydrogen-bond acceptors (Lipinski definition) is 2. The summed E-state index contributed by atoms with van der Waals surface area (Å²) in [7, 11) is 0. The number of nitrogens with one attached hydrogen (secondary N) is 1. The van der Waals surface area contributed by atoms with Gasteiger partial charge in [0.05, 0.1) is 0 Å². The summed E-state index contributed by atoms with van der Waals surface area (Å²) in [4.78, 5) is 12.0. The lowest BCUT2D eigenvalue weighted by Crippen LogP contribution is -2.20. The second-order valence-corrected chi connectivity index (χ2v) is 5.40. The third-order valence-electron chi connectivity index (χ3n) is 3.73. The fourth-order valence-electron chi connectivity index (χ4n) is 2.43. The predicted molar refractivity (Wildman–Crippen MR) is 93.9 cm³/mol. The van der Waals surface area contributed by atoms with E-state index in [0.29, 0.717) is 5.75 Å². The summed E-state index contributed by atoms with van der Waals surface area (Å²) < 4.78 is 5.51. The van der Waals surface area contributed by atoms with Crippen LogP contribution < -0.4 is 10.1 Å². The molecule has 0 fully saturated rings. The van der Waals surface area contributed by atoms with E-state index >= 15 is 0 Å². The minimum absolute atomic E-state index is 0.00169. The van der Waals surface area contributed by atoms with Gasteiger partial charge in [-0.15, -0.1) is 0 Å². The fourth-order valence-corrected chi connectivity index (χ4v) is 2.43. The van der Waals surface area contributed by atoms with Crippen molar-refractivity contribution in [1.82, 2.24) is 0 Å². The number of anilines is 1. The molecule has 0 saturated heterocycles. The van der Waals surface area contributed by atoms with Crippen LogP contribution in [-0.2, 0) is 11.2 Å². The van der Waals surface area contributed by atoms with Crippen LogP contribution in [0.3, 0.4) is 0 Å². The molecule has 0 aromatic heterocycles. The number of aryl methyl sites for hydroxylation is 1. The van der Waals surface area contributed by atoms with Crippen molar-refractivity contribution in [3.8, 4) is 5.75 Å². The molecule has 23 heavy (non-hydrogen) atoms. The first-order chi connectivity index (χ1) is 11.2. The molecule has 3 rings (SSSR count). The molecule has 0 aliphatic carbocycles. The molecule has 3 heteroatoms. The molecule has 0 aliphatic heterocycles. The highest BCUT2D eigenvalue weighted by molar-refractivity contribution is 5.95. The first kappa shape index (κ1) is 15.1. The summed E-state index contributed by atoms with van der Waals surface area (Å²) in [5.74, 6) is 0.538. The number of carbonyl (C=O) groups excluding carboxylic acids is 1. The van der Waals surface area contributed by atoms with Gasteiger partial charge in [0, 0.05) is 5.69 Å². The van der Waals surface area contributed by atoms with Gasteiger partial charge in [0.15, 0.2) is 6.61 Å². The van der Waals surface area contributed by atoms with Crippen LogP contribution in [-0.4, -0.2) is 12.5 Å². The molecule has 116 valence electrons. The van der Waals surface area contributed by atoms with E-state index in [9.17, 15) is 4.79 Å². The minimum Gasteiger partial charge on any atom is -0.484 e. The highest BCUT2D eigenvalue weighted by atomic mass is 16.5. The van der Waals surface area contributed by atoms with Gasteiger partial charge in [0.2, 0.25) is 0 Å². The maximum absolute atomic E-state index is 12.0. The van der Waals surface area contributed by atoms with Crippen LogP contribution in [0.5, 0.6) is 5.75 Å². The van der Waals surface area contributed by atoms with Gasteiger partial charge < -0.3 is 10.1 Å². The van der Waals surface area contributed by atoms with Crippen LogP contribution in [0, 0.1) is 0 Å². The highest BCUT2D eigenvalue weighted by Crippen LogP contribution is 2.19. The lowest BCUT2D eigenvalue weighted by atomic mass is 10.1. The van der Waals surface area contributed by atoms with Gasteiger partial charge in [0.25, 0.3) is 5.91 Å². The van der Waals surface area contributed by atoms with Crippen molar-refractivity contribution in [2.75, 3.05) is 11.9 Å². The van der Waals surface area contributed by atoms with Crippen molar-refractivity contribution in [2.45, 2.75) is 13.3 Å². The Bertz CT molecular complexity index is 809. The van der Waals surface area contributed by atoms with Crippen molar-refractivity contribution in [2.24, 2.45) is 0 Å². The molecule has 0 radical (unpaired) electrons. The topological polar surface area (TPSA) is 38.3 Å².